The fraction of sp³-hybridized carbons (Fsp3) is 0.278. The van der Waals surface area contributed by atoms with Crippen molar-refractivity contribution in [2.45, 2.75) is 25.6 Å². The Morgan fingerprint density at radius 3 is 2.63 bits per heavy atom. The lowest BCUT2D eigenvalue weighted by Crippen LogP contribution is -2.33. The van der Waals surface area contributed by atoms with Crippen LogP contribution in [0.25, 0.3) is 0 Å². The molecule has 1 atom stereocenters. The van der Waals surface area contributed by atoms with Crippen LogP contribution >= 0.6 is 11.3 Å². The van der Waals surface area contributed by atoms with Crippen LogP contribution in [0.3, 0.4) is 0 Å². The summed E-state index contributed by atoms with van der Waals surface area (Å²) in [6, 6.07) is 8.15. The second-order valence-corrected chi connectivity index (χ2v) is 9.03. The first-order valence-electron chi connectivity index (χ1n) is 8.22. The molecule has 1 unspecified atom stereocenters. The summed E-state index contributed by atoms with van der Waals surface area (Å²) in [5, 5.41) is 6.36. The molecule has 3 rings (SSSR count). The third-order valence-corrected chi connectivity index (χ3v) is 6.33. The molecule has 0 aliphatic carbocycles. The molecule has 0 fully saturated rings. The van der Waals surface area contributed by atoms with E-state index in [-0.39, 0.29) is 18.2 Å². The van der Waals surface area contributed by atoms with E-state index in [1.165, 1.54) is 11.3 Å². The molecule has 2 heterocycles. The number of sulfonamides is 1. The van der Waals surface area contributed by atoms with E-state index < -0.39 is 27.4 Å². The summed E-state index contributed by atoms with van der Waals surface area (Å²) in [5.74, 6) is -2.07. The van der Waals surface area contributed by atoms with Gasteiger partial charge in [0.2, 0.25) is 10.0 Å². The molecule has 1 N–H and O–H groups in total. The number of aromatic nitrogens is 2. The maximum Gasteiger partial charge on any atom is 0.215 e. The van der Waals surface area contributed by atoms with Crippen molar-refractivity contribution in [2.24, 2.45) is 0 Å². The number of nitrogens with one attached hydrogen (secondary N) is 1. The minimum absolute atomic E-state index is 0.0573. The van der Waals surface area contributed by atoms with Gasteiger partial charge >= 0.3 is 0 Å². The van der Waals surface area contributed by atoms with E-state index in [2.05, 4.69) is 9.82 Å². The van der Waals surface area contributed by atoms with Crippen LogP contribution in [-0.2, 0) is 15.8 Å². The molecule has 0 saturated heterocycles. The van der Waals surface area contributed by atoms with E-state index in [0.717, 1.165) is 34.5 Å². The summed E-state index contributed by atoms with van der Waals surface area (Å²) in [6.45, 7) is 3.82. The zero-order chi connectivity index (χ0) is 19.6. The van der Waals surface area contributed by atoms with Crippen molar-refractivity contribution in [3.8, 4) is 0 Å². The van der Waals surface area contributed by atoms with E-state index in [0.29, 0.717) is 0 Å². The first-order valence-corrected chi connectivity index (χ1v) is 10.8. The minimum atomic E-state index is -3.87. The van der Waals surface area contributed by atoms with Crippen molar-refractivity contribution >= 4 is 21.4 Å². The Morgan fingerprint density at radius 2 is 2.00 bits per heavy atom. The van der Waals surface area contributed by atoms with Gasteiger partial charge in [-0.05, 0) is 49.6 Å². The molecule has 1 aromatic carbocycles. The third kappa shape index (κ3) is 4.79. The zero-order valence-corrected chi connectivity index (χ0v) is 16.4. The predicted octanol–water partition coefficient (Wildman–Crippen LogP) is 3.55. The van der Waals surface area contributed by atoms with Crippen molar-refractivity contribution in [1.29, 1.82) is 0 Å². The molecule has 144 valence electrons. The van der Waals surface area contributed by atoms with Gasteiger partial charge in [0, 0.05) is 22.7 Å². The van der Waals surface area contributed by atoms with Crippen LogP contribution in [0.4, 0.5) is 8.78 Å². The van der Waals surface area contributed by atoms with Crippen molar-refractivity contribution in [3.05, 3.63) is 75.2 Å². The lowest BCUT2D eigenvalue weighted by molar-refractivity contribution is 0.499. The van der Waals surface area contributed by atoms with Gasteiger partial charge < -0.3 is 0 Å². The van der Waals surface area contributed by atoms with Crippen LogP contribution in [-0.4, -0.2) is 24.7 Å². The standard InChI is InChI=1S/C18H19F2N3O2S2/c1-12-8-13(2)23(22-12)17(18-4-3-7-26-18)10-21-27(24,25)11-14-9-15(19)5-6-16(14)20/h3-9,17,21H,10-11H2,1-2H3. The number of thiophene rings is 1. The molecule has 0 saturated carbocycles. The SMILES string of the molecule is Cc1cc(C)n(C(CNS(=O)(=O)Cc2cc(F)ccc2F)c2cccs2)n1. The molecular formula is C18H19F2N3O2S2. The number of nitrogens with zero attached hydrogens (tertiary/aromatic N) is 2. The molecule has 27 heavy (non-hydrogen) atoms. The van der Waals surface area contributed by atoms with Gasteiger partial charge in [-0.15, -0.1) is 11.3 Å². The first-order chi connectivity index (χ1) is 12.7. The predicted molar refractivity (Wildman–Crippen MR) is 101 cm³/mol. The smallest absolute Gasteiger partial charge is 0.215 e. The van der Waals surface area contributed by atoms with Crippen LogP contribution in [0.5, 0.6) is 0 Å². The number of halogens is 2. The average molecular weight is 411 g/mol. The molecule has 5 nitrogen and oxygen atoms in total. The normalized spacial score (nSPS) is 13.0. The molecule has 0 radical (unpaired) electrons. The van der Waals surface area contributed by atoms with Crippen molar-refractivity contribution in [2.75, 3.05) is 6.54 Å². The quantitative estimate of drug-likeness (QED) is 0.647. The van der Waals surface area contributed by atoms with Crippen LogP contribution in [0, 0.1) is 25.5 Å². The topological polar surface area (TPSA) is 64.0 Å². The van der Waals surface area contributed by atoms with E-state index in [4.69, 9.17) is 0 Å². The number of benzene rings is 1. The monoisotopic (exact) mass is 411 g/mol. The van der Waals surface area contributed by atoms with Crippen LogP contribution < -0.4 is 4.72 Å². The molecule has 0 bridgehead atoms. The Labute approximate surface area is 160 Å². The van der Waals surface area contributed by atoms with E-state index in [1.54, 1.807) is 4.68 Å². The van der Waals surface area contributed by atoms with E-state index in [9.17, 15) is 17.2 Å². The molecule has 0 aliphatic heterocycles. The lowest BCUT2D eigenvalue weighted by atomic mass is 10.2. The van der Waals surface area contributed by atoms with Gasteiger partial charge in [-0.3, -0.25) is 4.68 Å². The molecule has 0 aliphatic rings. The zero-order valence-electron chi connectivity index (χ0n) is 14.8. The highest BCUT2D eigenvalue weighted by atomic mass is 32.2. The fourth-order valence-corrected chi connectivity index (χ4v) is 4.82. The van der Waals surface area contributed by atoms with Gasteiger partial charge in [-0.2, -0.15) is 5.10 Å². The van der Waals surface area contributed by atoms with E-state index >= 15 is 0 Å². The second kappa shape index (κ2) is 7.87. The van der Waals surface area contributed by atoms with Gasteiger partial charge in [0.05, 0.1) is 17.5 Å². The number of aryl methyl sites for hydroxylation is 2. The van der Waals surface area contributed by atoms with Gasteiger partial charge in [0.25, 0.3) is 0 Å². The summed E-state index contributed by atoms with van der Waals surface area (Å²) < 4.78 is 56.2. The molecule has 0 spiro atoms. The average Bonchev–Trinajstić information content (AvgIpc) is 3.21. The fourth-order valence-electron chi connectivity index (χ4n) is 2.87. The Bertz CT molecular complexity index is 1030. The molecular weight excluding hydrogens is 392 g/mol. The highest BCUT2D eigenvalue weighted by Crippen LogP contribution is 2.24. The Morgan fingerprint density at radius 1 is 1.22 bits per heavy atom. The summed E-state index contributed by atoms with van der Waals surface area (Å²) in [6.07, 6.45) is 0. The van der Waals surface area contributed by atoms with Crippen LogP contribution in [0.15, 0.2) is 41.8 Å². The maximum atomic E-state index is 13.8. The largest absolute Gasteiger partial charge is 0.260 e. The Balaban J connectivity index is 1.80. The number of rotatable bonds is 7. The molecule has 9 heteroatoms. The Kier molecular flexibility index (Phi) is 5.73. The van der Waals surface area contributed by atoms with Crippen LogP contribution in [0.2, 0.25) is 0 Å². The van der Waals surface area contributed by atoms with Gasteiger partial charge in [-0.1, -0.05) is 6.07 Å². The number of hydrogen-bond acceptors (Lipinski definition) is 4. The highest BCUT2D eigenvalue weighted by molar-refractivity contribution is 7.88. The lowest BCUT2D eigenvalue weighted by Gasteiger charge is -2.19. The maximum absolute atomic E-state index is 13.8. The van der Waals surface area contributed by atoms with Gasteiger partial charge in [0.1, 0.15) is 11.6 Å². The summed E-state index contributed by atoms with van der Waals surface area (Å²) >= 11 is 1.50. The van der Waals surface area contributed by atoms with Crippen molar-refractivity contribution < 1.29 is 17.2 Å². The summed E-state index contributed by atoms with van der Waals surface area (Å²) in [4.78, 5) is 0.945. The Hall–Kier alpha value is -2.10. The van der Waals surface area contributed by atoms with E-state index in [1.807, 2.05) is 37.4 Å². The molecule has 2 aromatic heterocycles. The van der Waals surface area contributed by atoms with Gasteiger partial charge in [0.15, 0.2) is 0 Å². The molecule has 0 amide bonds. The summed E-state index contributed by atoms with van der Waals surface area (Å²) in [5.41, 5.74) is 1.53. The number of hydrogen-bond donors (Lipinski definition) is 1. The highest BCUT2D eigenvalue weighted by Gasteiger charge is 2.22. The minimum Gasteiger partial charge on any atom is -0.260 e. The van der Waals surface area contributed by atoms with Crippen molar-refractivity contribution in [1.82, 2.24) is 14.5 Å². The first kappa shape index (κ1) is 19.7. The van der Waals surface area contributed by atoms with Crippen molar-refractivity contribution in [3.63, 3.8) is 0 Å². The third-order valence-electron chi connectivity index (χ3n) is 4.06. The van der Waals surface area contributed by atoms with Crippen LogP contribution in [0.1, 0.15) is 27.9 Å². The molecule has 3 aromatic rings. The summed E-state index contributed by atoms with van der Waals surface area (Å²) in [7, 11) is -3.87. The van der Waals surface area contributed by atoms with Gasteiger partial charge in [-0.25, -0.2) is 21.9 Å². The second-order valence-electron chi connectivity index (χ2n) is 6.25.